The number of carboxylic acids is 3. The standard InChI is InChI=1S/3C16H32O2.Dy/c3*1-2-3-4-5-6-7-8-9-10-11-12-13-14-15-16(17)18;/h3*2-15H2,1H3,(H,17,18);/q;;;+3/p-3. The van der Waals surface area contributed by atoms with Gasteiger partial charge in [-0.05, 0) is 38.5 Å². The normalized spacial score (nSPS) is 10.5. The van der Waals surface area contributed by atoms with E-state index in [-0.39, 0.29) is 57.4 Å². The van der Waals surface area contributed by atoms with Crippen LogP contribution in [-0.4, -0.2) is 17.9 Å². The van der Waals surface area contributed by atoms with Crippen molar-refractivity contribution in [2.24, 2.45) is 0 Å². The maximum absolute atomic E-state index is 10.2. The average molecular weight is 929 g/mol. The van der Waals surface area contributed by atoms with Gasteiger partial charge < -0.3 is 29.7 Å². The molecule has 7 heteroatoms. The molecule has 331 valence electrons. The van der Waals surface area contributed by atoms with Crippen molar-refractivity contribution in [3.05, 3.63) is 0 Å². The zero-order chi connectivity index (χ0) is 40.4. The second-order valence-corrected chi connectivity index (χ2v) is 16.1. The SMILES string of the molecule is CCCCCCCCCCCCCCCC(=O)[O-].CCCCCCCCCCCCCCCC(=O)[O-].CCCCCCCCCCCCCCCC(=O)[O-].[Dy+3]. The summed E-state index contributed by atoms with van der Waals surface area (Å²) in [4.78, 5) is 30.6. The van der Waals surface area contributed by atoms with Crippen LogP contribution in [0.5, 0.6) is 0 Å². The molecular formula is C48H93DyO6. The van der Waals surface area contributed by atoms with E-state index in [9.17, 15) is 29.7 Å². The fourth-order valence-corrected chi connectivity index (χ4v) is 6.86. The number of hydrogen-bond acceptors (Lipinski definition) is 6. The van der Waals surface area contributed by atoms with Gasteiger partial charge in [-0.3, -0.25) is 0 Å². The molecule has 6 nitrogen and oxygen atoms in total. The zero-order valence-corrected chi connectivity index (χ0v) is 39.0. The monoisotopic (exact) mass is 930 g/mol. The first-order chi connectivity index (χ1) is 26.3. The van der Waals surface area contributed by atoms with E-state index in [2.05, 4.69) is 20.8 Å². The van der Waals surface area contributed by atoms with Gasteiger partial charge in [0.05, 0.1) is 0 Å². The summed E-state index contributed by atoms with van der Waals surface area (Å²) in [5.41, 5.74) is 0. The minimum absolute atomic E-state index is 0. The zero-order valence-electron chi connectivity index (χ0n) is 37.0. The van der Waals surface area contributed by atoms with Crippen LogP contribution in [0.15, 0.2) is 0 Å². The predicted molar refractivity (Wildman–Crippen MR) is 226 cm³/mol. The predicted octanol–water partition coefficient (Wildman–Crippen LogP) is 12.7. The summed E-state index contributed by atoms with van der Waals surface area (Å²) < 4.78 is 0. The molecule has 0 spiro atoms. The summed E-state index contributed by atoms with van der Waals surface area (Å²) in [6, 6.07) is 0. The first kappa shape index (κ1) is 61.3. The molecule has 0 aliphatic rings. The molecule has 0 bridgehead atoms. The Kier molecular flexibility index (Phi) is 64.7. The number of carbonyl (C=O) groups is 3. The Hall–Kier alpha value is -0.317. The Balaban J connectivity index is -0.000000351. The maximum atomic E-state index is 10.2. The molecule has 0 aliphatic heterocycles. The molecule has 0 saturated carbocycles. The Morgan fingerprint density at radius 3 is 0.455 bits per heavy atom. The van der Waals surface area contributed by atoms with Gasteiger partial charge >= 0.3 is 38.2 Å². The van der Waals surface area contributed by atoms with Gasteiger partial charge in [0.25, 0.3) is 0 Å². The number of aliphatic carboxylic acids is 3. The van der Waals surface area contributed by atoms with Crippen LogP contribution < -0.4 is 15.3 Å². The van der Waals surface area contributed by atoms with Crippen LogP contribution in [0.25, 0.3) is 0 Å². The molecular weight excluding hydrogens is 835 g/mol. The molecule has 0 unspecified atom stereocenters. The third-order valence-corrected chi connectivity index (χ3v) is 10.5. The number of hydrogen-bond donors (Lipinski definition) is 0. The smallest absolute Gasteiger partial charge is 0.550 e. The summed E-state index contributed by atoms with van der Waals surface area (Å²) in [5, 5.41) is 30.6. The van der Waals surface area contributed by atoms with Gasteiger partial charge in [0.1, 0.15) is 0 Å². The minimum Gasteiger partial charge on any atom is -0.550 e. The second-order valence-electron chi connectivity index (χ2n) is 16.1. The van der Waals surface area contributed by atoms with Crippen LogP contribution in [0.1, 0.15) is 290 Å². The van der Waals surface area contributed by atoms with Crippen molar-refractivity contribution >= 4 is 17.9 Å². The Bertz CT molecular complexity index is 636. The van der Waals surface area contributed by atoms with Crippen molar-refractivity contribution in [3.63, 3.8) is 0 Å². The van der Waals surface area contributed by atoms with E-state index in [1.807, 2.05) is 0 Å². The third-order valence-electron chi connectivity index (χ3n) is 10.5. The molecule has 0 aromatic heterocycles. The molecule has 0 aromatic carbocycles. The molecule has 0 fully saturated rings. The molecule has 1 radical (unpaired) electrons. The van der Waals surface area contributed by atoms with Gasteiger partial charge in [-0.15, -0.1) is 0 Å². The van der Waals surface area contributed by atoms with Crippen molar-refractivity contribution in [3.8, 4) is 0 Å². The third kappa shape index (κ3) is 71.8. The van der Waals surface area contributed by atoms with E-state index >= 15 is 0 Å². The van der Waals surface area contributed by atoms with Crippen LogP contribution >= 0.6 is 0 Å². The molecule has 0 aromatic rings. The van der Waals surface area contributed by atoms with Crippen molar-refractivity contribution in [1.82, 2.24) is 0 Å². The van der Waals surface area contributed by atoms with Gasteiger partial charge in [-0.25, -0.2) is 0 Å². The van der Waals surface area contributed by atoms with Gasteiger partial charge in [0, 0.05) is 17.9 Å². The topological polar surface area (TPSA) is 120 Å². The molecule has 55 heavy (non-hydrogen) atoms. The van der Waals surface area contributed by atoms with Crippen molar-refractivity contribution < 1.29 is 67.9 Å². The molecule has 0 aliphatic carbocycles. The second kappa shape index (κ2) is 58.0. The van der Waals surface area contributed by atoms with Crippen molar-refractivity contribution in [2.75, 3.05) is 0 Å². The van der Waals surface area contributed by atoms with E-state index < -0.39 is 17.9 Å². The first-order valence-electron chi connectivity index (χ1n) is 23.9. The van der Waals surface area contributed by atoms with Crippen molar-refractivity contribution in [1.29, 1.82) is 0 Å². The largest absolute Gasteiger partial charge is 3.00 e. The Morgan fingerprint density at radius 1 is 0.236 bits per heavy atom. The minimum atomic E-state index is -0.905. The van der Waals surface area contributed by atoms with Crippen LogP contribution in [0.4, 0.5) is 0 Å². The summed E-state index contributed by atoms with van der Waals surface area (Å²) in [7, 11) is 0. The van der Waals surface area contributed by atoms with Crippen LogP contribution in [-0.2, 0) is 14.4 Å². The average Bonchev–Trinajstić information content (AvgIpc) is 3.14. The van der Waals surface area contributed by atoms with Gasteiger partial charge in [0.15, 0.2) is 0 Å². The van der Waals surface area contributed by atoms with E-state index in [1.165, 1.54) is 212 Å². The Morgan fingerprint density at radius 2 is 0.345 bits per heavy atom. The molecule has 0 amide bonds. The summed E-state index contributed by atoms with van der Waals surface area (Å²) in [6.07, 6.45) is 50.8. The van der Waals surface area contributed by atoms with E-state index in [0.717, 1.165) is 38.5 Å². The fraction of sp³-hybridized carbons (Fsp3) is 0.938. The van der Waals surface area contributed by atoms with Crippen LogP contribution in [0.2, 0.25) is 0 Å². The molecule has 0 heterocycles. The number of carboxylic acid groups (broad SMARTS) is 3. The fourth-order valence-electron chi connectivity index (χ4n) is 6.86. The summed E-state index contributed by atoms with van der Waals surface area (Å²) in [6.45, 7) is 6.77. The quantitative estimate of drug-likeness (QED) is 0.0562. The van der Waals surface area contributed by atoms with Gasteiger partial charge in [0.2, 0.25) is 0 Å². The van der Waals surface area contributed by atoms with Crippen LogP contribution in [0.3, 0.4) is 0 Å². The van der Waals surface area contributed by atoms with Crippen molar-refractivity contribution in [2.45, 2.75) is 290 Å². The molecule has 0 N–H and O–H groups in total. The van der Waals surface area contributed by atoms with Gasteiger partial charge in [-0.1, -0.05) is 252 Å². The first-order valence-corrected chi connectivity index (χ1v) is 23.9. The number of unbranched alkanes of at least 4 members (excludes halogenated alkanes) is 36. The summed E-state index contributed by atoms with van der Waals surface area (Å²) in [5.74, 6) is -2.71. The van der Waals surface area contributed by atoms with Gasteiger partial charge in [-0.2, -0.15) is 0 Å². The molecule has 0 saturated heterocycles. The van der Waals surface area contributed by atoms with E-state index in [1.54, 1.807) is 0 Å². The maximum Gasteiger partial charge on any atom is 3.00 e. The summed E-state index contributed by atoms with van der Waals surface area (Å²) >= 11 is 0. The van der Waals surface area contributed by atoms with E-state index in [0.29, 0.717) is 0 Å². The van der Waals surface area contributed by atoms with E-state index in [4.69, 9.17) is 0 Å². The Labute approximate surface area is 373 Å². The number of carbonyl (C=O) groups excluding carboxylic acids is 3. The molecule has 0 rings (SSSR count). The van der Waals surface area contributed by atoms with Crippen LogP contribution in [0, 0.1) is 38.2 Å². The number of rotatable bonds is 42. The molecule has 0 atom stereocenters.